The summed E-state index contributed by atoms with van der Waals surface area (Å²) in [6, 6.07) is 7.86. The highest BCUT2D eigenvalue weighted by Gasteiger charge is 2.16. The molecule has 0 N–H and O–H groups in total. The highest BCUT2D eigenvalue weighted by Crippen LogP contribution is 2.34. The molecule has 0 radical (unpaired) electrons. The fourth-order valence-corrected chi connectivity index (χ4v) is 2.40. The smallest absolute Gasteiger partial charge is 0.163 e. The average Bonchev–Trinajstić information content (AvgIpc) is 2.15. The van der Waals surface area contributed by atoms with E-state index in [1.807, 2.05) is 31.2 Å². The number of ketones is 1. The van der Waals surface area contributed by atoms with E-state index in [2.05, 4.69) is 20.8 Å². The Hall–Kier alpha value is -0.760. The third kappa shape index (κ3) is 3.71. The lowest BCUT2D eigenvalue weighted by molar-refractivity contribution is 0.0985. The van der Waals surface area contributed by atoms with Gasteiger partial charge in [-0.2, -0.15) is 0 Å². The van der Waals surface area contributed by atoms with Crippen LogP contribution in [0.2, 0.25) is 0 Å². The van der Waals surface area contributed by atoms with Crippen LogP contribution in [0, 0.1) is 0 Å². The Morgan fingerprint density at radius 3 is 2.40 bits per heavy atom. The van der Waals surface area contributed by atoms with Gasteiger partial charge in [0.1, 0.15) is 0 Å². The van der Waals surface area contributed by atoms with Gasteiger partial charge in [0, 0.05) is 21.6 Å². The molecular formula is C13H18OS. The first-order chi connectivity index (χ1) is 6.94. The van der Waals surface area contributed by atoms with Crippen LogP contribution in [-0.4, -0.2) is 10.5 Å². The fourth-order valence-electron chi connectivity index (χ4n) is 1.31. The van der Waals surface area contributed by atoms with Crippen molar-refractivity contribution in [3.63, 3.8) is 0 Å². The first-order valence-corrected chi connectivity index (χ1v) is 6.07. The molecule has 0 spiro atoms. The van der Waals surface area contributed by atoms with Gasteiger partial charge in [-0.1, -0.05) is 45.9 Å². The highest BCUT2D eigenvalue weighted by molar-refractivity contribution is 8.00. The predicted octanol–water partition coefficient (Wildman–Crippen LogP) is 4.17. The zero-order valence-corrected chi connectivity index (χ0v) is 10.6. The molecule has 1 aromatic rings. The minimum Gasteiger partial charge on any atom is -0.294 e. The highest BCUT2D eigenvalue weighted by atomic mass is 32.2. The SMILES string of the molecule is CCC(=O)c1ccccc1SC(C)(C)C. The number of hydrogen-bond acceptors (Lipinski definition) is 2. The van der Waals surface area contributed by atoms with E-state index in [0.29, 0.717) is 6.42 Å². The molecule has 0 atom stereocenters. The standard InChI is InChI=1S/C13H18OS/c1-5-11(14)10-8-6-7-9-12(10)15-13(2,3)4/h6-9H,5H2,1-4H3. The van der Waals surface area contributed by atoms with E-state index in [0.717, 1.165) is 10.5 Å². The van der Waals surface area contributed by atoms with Crippen molar-refractivity contribution in [2.75, 3.05) is 0 Å². The third-order valence-electron chi connectivity index (χ3n) is 1.92. The Labute approximate surface area is 96.3 Å². The molecule has 82 valence electrons. The Bertz CT molecular complexity index is 350. The van der Waals surface area contributed by atoms with E-state index in [1.54, 1.807) is 11.8 Å². The molecule has 0 aliphatic heterocycles. The zero-order valence-electron chi connectivity index (χ0n) is 9.83. The van der Waals surface area contributed by atoms with Crippen molar-refractivity contribution in [3.05, 3.63) is 29.8 Å². The summed E-state index contributed by atoms with van der Waals surface area (Å²) in [5.41, 5.74) is 0.861. The first kappa shape index (κ1) is 12.3. The van der Waals surface area contributed by atoms with Gasteiger partial charge < -0.3 is 0 Å². The van der Waals surface area contributed by atoms with Crippen LogP contribution in [0.1, 0.15) is 44.5 Å². The van der Waals surface area contributed by atoms with Crippen LogP contribution in [0.15, 0.2) is 29.2 Å². The molecule has 15 heavy (non-hydrogen) atoms. The van der Waals surface area contributed by atoms with Gasteiger partial charge in [0.25, 0.3) is 0 Å². The Kier molecular flexibility index (Phi) is 3.97. The first-order valence-electron chi connectivity index (χ1n) is 5.25. The van der Waals surface area contributed by atoms with E-state index >= 15 is 0 Å². The van der Waals surface area contributed by atoms with E-state index in [9.17, 15) is 4.79 Å². The van der Waals surface area contributed by atoms with Crippen LogP contribution in [0.4, 0.5) is 0 Å². The van der Waals surface area contributed by atoms with Gasteiger partial charge in [0.15, 0.2) is 5.78 Å². The van der Waals surface area contributed by atoms with Crippen molar-refractivity contribution in [3.8, 4) is 0 Å². The molecule has 0 unspecified atom stereocenters. The van der Waals surface area contributed by atoms with Crippen molar-refractivity contribution in [2.24, 2.45) is 0 Å². The topological polar surface area (TPSA) is 17.1 Å². The van der Waals surface area contributed by atoms with Crippen LogP contribution in [0.25, 0.3) is 0 Å². The van der Waals surface area contributed by atoms with Crippen LogP contribution < -0.4 is 0 Å². The molecule has 0 aliphatic rings. The number of Topliss-reactive ketones (excluding diaryl/α,β-unsaturated/α-hetero) is 1. The maximum absolute atomic E-state index is 11.7. The molecular weight excluding hydrogens is 204 g/mol. The Balaban J connectivity index is 3.02. The van der Waals surface area contributed by atoms with Crippen molar-refractivity contribution in [2.45, 2.75) is 43.8 Å². The molecule has 0 aliphatic carbocycles. The second-order valence-electron chi connectivity index (χ2n) is 4.49. The molecule has 1 rings (SSSR count). The molecule has 0 amide bonds. The second kappa shape index (κ2) is 4.84. The molecule has 1 nitrogen and oxygen atoms in total. The molecule has 0 bridgehead atoms. The maximum Gasteiger partial charge on any atom is 0.163 e. The van der Waals surface area contributed by atoms with Crippen LogP contribution in [0.3, 0.4) is 0 Å². The van der Waals surface area contributed by atoms with Crippen molar-refractivity contribution in [1.29, 1.82) is 0 Å². The van der Waals surface area contributed by atoms with E-state index in [1.165, 1.54) is 0 Å². The maximum atomic E-state index is 11.7. The zero-order chi connectivity index (χ0) is 11.5. The minimum absolute atomic E-state index is 0.143. The molecule has 0 heterocycles. The largest absolute Gasteiger partial charge is 0.294 e. The fraction of sp³-hybridized carbons (Fsp3) is 0.462. The number of thioether (sulfide) groups is 1. The predicted molar refractivity (Wildman–Crippen MR) is 66.7 cm³/mol. The number of hydrogen-bond donors (Lipinski definition) is 0. The monoisotopic (exact) mass is 222 g/mol. The number of carbonyl (C=O) groups is 1. The number of rotatable bonds is 3. The lowest BCUT2D eigenvalue weighted by Gasteiger charge is -2.19. The third-order valence-corrected chi connectivity index (χ3v) is 3.11. The van der Waals surface area contributed by atoms with E-state index < -0.39 is 0 Å². The molecule has 0 saturated carbocycles. The molecule has 1 aromatic carbocycles. The molecule has 2 heteroatoms. The summed E-state index contributed by atoms with van der Waals surface area (Å²) in [4.78, 5) is 12.8. The summed E-state index contributed by atoms with van der Waals surface area (Å²) < 4.78 is 0.143. The Morgan fingerprint density at radius 1 is 1.27 bits per heavy atom. The van der Waals surface area contributed by atoms with Crippen molar-refractivity contribution >= 4 is 17.5 Å². The van der Waals surface area contributed by atoms with Crippen LogP contribution >= 0.6 is 11.8 Å². The second-order valence-corrected chi connectivity index (χ2v) is 6.36. The van der Waals surface area contributed by atoms with Gasteiger partial charge in [-0.05, 0) is 6.07 Å². The quantitative estimate of drug-likeness (QED) is 0.564. The van der Waals surface area contributed by atoms with Gasteiger partial charge in [0.2, 0.25) is 0 Å². The average molecular weight is 222 g/mol. The number of carbonyl (C=O) groups excluding carboxylic acids is 1. The van der Waals surface area contributed by atoms with E-state index in [4.69, 9.17) is 0 Å². The lowest BCUT2D eigenvalue weighted by atomic mass is 10.1. The summed E-state index contributed by atoms with van der Waals surface area (Å²) in [6.45, 7) is 8.38. The van der Waals surface area contributed by atoms with Gasteiger partial charge >= 0.3 is 0 Å². The summed E-state index contributed by atoms with van der Waals surface area (Å²) in [6.07, 6.45) is 0.571. The van der Waals surface area contributed by atoms with Gasteiger partial charge in [-0.15, -0.1) is 11.8 Å². The van der Waals surface area contributed by atoms with E-state index in [-0.39, 0.29) is 10.5 Å². The van der Waals surface area contributed by atoms with Crippen LogP contribution in [0.5, 0.6) is 0 Å². The van der Waals surface area contributed by atoms with Gasteiger partial charge in [-0.25, -0.2) is 0 Å². The van der Waals surface area contributed by atoms with Crippen molar-refractivity contribution in [1.82, 2.24) is 0 Å². The molecule has 0 saturated heterocycles. The summed E-state index contributed by atoms with van der Waals surface area (Å²) in [5, 5.41) is 0. The lowest BCUT2D eigenvalue weighted by Crippen LogP contribution is -2.09. The van der Waals surface area contributed by atoms with Crippen molar-refractivity contribution < 1.29 is 4.79 Å². The van der Waals surface area contributed by atoms with Gasteiger partial charge in [-0.3, -0.25) is 4.79 Å². The number of benzene rings is 1. The minimum atomic E-state index is 0.143. The summed E-state index contributed by atoms with van der Waals surface area (Å²) in [7, 11) is 0. The molecule has 0 fully saturated rings. The van der Waals surface area contributed by atoms with Crippen LogP contribution in [-0.2, 0) is 0 Å². The van der Waals surface area contributed by atoms with Gasteiger partial charge in [0.05, 0.1) is 0 Å². The normalized spacial score (nSPS) is 11.5. The Morgan fingerprint density at radius 2 is 1.87 bits per heavy atom. The summed E-state index contributed by atoms with van der Waals surface area (Å²) in [5.74, 6) is 0.224. The molecule has 0 aromatic heterocycles. The summed E-state index contributed by atoms with van der Waals surface area (Å²) >= 11 is 1.75.